The predicted molar refractivity (Wildman–Crippen MR) is 134 cm³/mol. The third-order valence-corrected chi connectivity index (χ3v) is 5.33. The van der Waals surface area contributed by atoms with Crippen molar-refractivity contribution in [2.24, 2.45) is 4.99 Å². The number of hydrogen-bond acceptors (Lipinski definition) is 8. The van der Waals surface area contributed by atoms with E-state index >= 15 is 0 Å². The summed E-state index contributed by atoms with van der Waals surface area (Å²) < 4.78 is 27.0. The molecule has 0 amide bonds. The fraction of sp³-hybridized carbons (Fsp3) is 0.148. The van der Waals surface area contributed by atoms with Gasteiger partial charge in [0.1, 0.15) is 11.5 Å². The number of ether oxygens (including phenoxy) is 5. The minimum Gasteiger partial charge on any atom is -0.497 e. The summed E-state index contributed by atoms with van der Waals surface area (Å²) in [6, 6.07) is 16.5. The summed E-state index contributed by atoms with van der Waals surface area (Å²) >= 11 is 6.09. The Labute approximate surface area is 212 Å². The molecule has 0 aromatic heterocycles. The summed E-state index contributed by atoms with van der Waals surface area (Å²) in [5, 5.41) is 0.447. The van der Waals surface area contributed by atoms with Crippen LogP contribution in [-0.4, -0.2) is 38.7 Å². The largest absolute Gasteiger partial charge is 0.497 e. The van der Waals surface area contributed by atoms with Crippen molar-refractivity contribution in [2.75, 3.05) is 20.8 Å². The standard InChI is InChI=1S/C27H22ClNO7/c1-4-34-24-13-16(8-10-23(24)35-26(30)17-6-5-7-19(14-17)32-2)12-21-27(31)36-25(29-21)20-15-18(28)9-11-22(20)33-3/h5-15H,4H2,1-3H3. The number of aliphatic imine (C=N–C) groups is 1. The number of cyclic esters (lactones) is 1. The van der Waals surface area contributed by atoms with E-state index in [1.54, 1.807) is 66.7 Å². The highest BCUT2D eigenvalue weighted by Gasteiger charge is 2.27. The van der Waals surface area contributed by atoms with Crippen molar-refractivity contribution in [3.05, 3.63) is 88.1 Å². The van der Waals surface area contributed by atoms with Gasteiger partial charge in [-0.1, -0.05) is 23.7 Å². The molecule has 0 unspecified atom stereocenters. The Balaban J connectivity index is 1.61. The maximum Gasteiger partial charge on any atom is 0.363 e. The maximum atomic E-state index is 12.6. The van der Waals surface area contributed by atoms with Gasteiger partial charge >= 0.3 is 11.9 Å². The number of nitrogens with zero attached hydrogens (tertiary/aromatic N) is 1. The number of esters is 2. The van der Waals surface area contributed by atoms with E-state index < -0.39 is 11.9 Å². The first-order valence-corrected chi connectivity index (χ1v) is 11.3. The third kappa shape index (κ3) is 5.50. The average Bonchev–Trinajstić information content (AvgIpc) is 3.25. The summed E-state index contributed by atoms with van der Waals surface area (Å²) in [5.74, 6) is 0.454. The minimum atomic E-state index is -0.626. The second-order valence-electron chi connectivity index (χ2n) is 7.44. The van der Waals surface area contributed by atoms with Crippen molar-refractivity contribution >= 4 is 35.5 Å². The zero-order valence-corrected chi connectivity index (χ0v) is 20.5. The van der Waals surface area contributed by atoms with Gasteiger partial charge in [-0.25, -0.2) is 14.6 Å². The second-order valence-corrected chi connectivity index (χ2v) is 7.88. The molecule has 184 valence electrons. The zero-order valence-electron chi connectivity index (χ0n) is 19.7. The number of benzene rings is 3. The number of rotatable bonds is 8. The molecule has 0 saturated heterocycles. The minimum absolute atomic E-state index is 0.0793. The van der Waals surface area contributed by atoms with Gasteiger partial charge in [-0.15, -0.1) is 0 Å². The number of hydrogen-bond donors (Lipinski definition) is 0. The van der Waals surface area contributed by atoms with Gasteiger partial charge in [0.25, 0.3) is 0 Å². The van der Waals surface area contributed by atoms with Gasteiger partial charge in [-0.2, -0.15) is 0 Å². The topological polar surface area (TPSA) is 92.6 Å². The molecule has 0 saturated carbocycles. The first-order valence-electron chi connectivity index (χ1n) is 10.9. The average molecular weight is 508 g/mol. The maximum absolute atomic E-state index is 12.6. The lowest BCUT2D eigenvalue weighted by Gasteiger charge is -2.12. The molecule has 0 aliphatic carbocycles. The van der Waals surface area contributed by atoms with E-state index in [0.29, 0.717) is 45.6 Å². The number of carbonyl (C=O) groups is 2. The van der Waals surface area contributed by atoms with Gasteiger partial charge < -0.3 is 23.7 Å². The van der Waals surface area contributed by atoms with E-state index in [9.17, 15) is 9.59 Å². The van der Waals surface area contributed by atoms with Crippen LogP contribution in [0.1, 0.15) is 28.4 Å². The van der Waals surface area contributed by atoms with E-state index in [1.165, 1.54) is 14.2 Å². The second kappa shape index (κ2) is 11.0. The van der Waals surface area contributed by atoms with Crippen molar-refractivity contribution in [3.8, 4) is 23.0 Å². The van der Waals surface area contributed by atoms with Gasteiger partial charge in [-0.05, 0) is 67.1 Å². The highest BCUT2D eigenvalue weighted by atomic mass is 35.5. The molecule has 0 fully saturated rings. The van der Waals surface area contributed by atoms with Crippen LogP contribution in [-0.2, 0) is 9.53 Å². The van der Waals surface area contributed by atoms with Crippen LogP contribution in [0.4, 0.5) is 0 Å². The fourth-order valence-corrected chi connectivity index (χ4v) is 3.58. The lowest BCUT2D eigenvalue weighted by molar-refractivity contribution is -0.129. The first kappa shape index (κ1) is 24.8. The third-order valence-electron chi connectivity index (χ3n) is 5.09. The monoisotopic (exact) mass is 507 g/mol. The summed E-state index contributed by atoms with van der Waals surface area (Å²) in [6.07, 6.45) is 1.54. The van der Waals surface area contributed by atoms with Gasteiger partial charge in [0.05, 0.1) is 32.0 Å². The van der Waals surface area contributed by atoms with Crippen LogP contribution in [0.15, 0.2) is 71.4 Å². The van der Waals surface area contributed by atoms with Gasteiger partial charge in [-0.3, -0.25) is 0 Å². The number of carbonyl (C=O) groups excluding carboxylic acids is 2. The molecular weight excluding hydrogens is 486 g/mol. The van der Waals surface area contributed by atoms with Crippen LogP contribution < -0.4 is 18.9 Å². The molecule has 9 heteroatoms. The molecule has 0 N–H and O–H groups in total. The van der Waals surface area contributed by atoms with Crippen LogP contribution >= 0.6 is 11.6 Å². The van der Waals surface area contributed by atoms with Crippen molar-refractivity contribution in [1.82, 2.24) is 0 Å². The molecule has 4 rings (SSSR count). The van der Waals surface area contributed by atoms with Crippen LogP contribution in [0.5, 0.6) is 23.0 Å². The van der Waals surface area contributed by atoms with E-state index in [2.05, 4.69) is 4.99 Å². The molecule has 36 heavy (non-hydrogen) atoms. The molecule has 1 aliphatic heterocycles. The SMILES string of the molecule is CCOc1cc(C=C2N=C(c3cc(Cl)ccc3OC)OC2=O)ccc1OC(=O)c1cccc(OC)c1. The summed E-state index contributed by atoms with van der Waals surface area (Å²) in [6.45, 7) is 2.14. The molecule has 0 spiro atoms. The molecule has 0 bridgehead atoms. The Morgan fingerprint density at radius 3 is 2.56 bits per heavy atom. The van der Waals surface area contributed by atoms with Crippen LogP contribution in [0.3, 0.4) is 0 Å². The molecule has 3 aromatic rings. The Hall–Kier alpha value is -4.30. The summed E-state index contributed by atoms with van der Waals surface area (Å²) in [7, 11) is 3.02. The molecule has 1 aliphatic rings. The predicted octanol–water partition coefficient (Wildman–Crippen LogP) is 5.32. The Morgan fingerprint density at radius 1 is 1.00 bits per heavy atom. The highest BCUT2D eigenvalue weighted by Crippen LogP contribution is 2.32. The smallest absolute Gasteiger partial charge is 0.363 e. The lowest BCUT2D eigenvalue weighted by Crippen LogP contribution is -2.10. The van der Waals surface area contributed by atoms with Crippen molar-refractivity contribution in [3.63, 3.8) is 0 Å². The van der Waals surface area contributed by atoms with Crippen LogP contribution in [0, 0.1) is 0 Å². The van der Waals surface area contributed by atoms with Gasteiger partial charge in [0.2, 0.25) is 5.90 Å². The van der Waals surface area contributed by atoms with Crippen LogP contribution in [0.2, 0.25) is 5.02 Å². The first-order chi connectivity index (χ1) is 17.4. The summed E-state index contributed by atoms with van der Waals surface area (Å²) in [4.78, 5) is 29.5. The number of methoxy groups -OCH3 is 2. The molecule has 0 atom stereocenters. The Kier molecular flexibility index (Phi) is 7.56. The molecule has 1 heterocycles. The van der Waals surface area contributed by atoms with Crippen molar-refractivity contribution in [2.45, 2.75) is 6.92 Å². The highest BCUT2D eigenvalue weighted by molar-refractivity contribution is 6.31. The van der Waals surface area contributed by atoms with E-state index in [0.717, 1.165) is 0 Å². The van der Waals surface area contributed by atoms with Crippen LogP contribution in [0.25, 0.3) is 6.08 Å². The lowest BCUT2D eigenvalue weighted by atomic mass is 10.1. The van der Waals surface area contributed by atoms with Gasteiger partial charge in [0.15, 0.2) is 17.2 Å². The molecule has 8 nitrogen and oxygen atoms in total. The zero-order chi connectivity index (χ0) is 25.7. The normalized spacial score (nSPS) is 13.7. The quantitative estimate of drug-likeness (QED) is 0.231. The van der Waals surface area contributed by atoms with Gasteiger partial charge in [0, 0.05) is 5.02 Å². The van der Waals surface area contributed by atoms with Crippen molar-refractivity contribution < 1.29 is 33.3 Å². The van der Waals surface area contributed by atoms with E-state index in [-0.39, 0.29) is 17.3 Å². The summed E-state index contributed by atoms with van der Waals surface area (Å²) in [5.41, 5.74) is 1.46. The molecular formula is C27H22ClNO7. The van der Waals surface area contributed by atoms with E-state index in [4.69, 9.17) is 35.3 Å². The van der Waals surface area contributed by atoms with Crippen molar-refractivity contribution in [1.29, 1.82) is 0 Å². The Bertz CT molecular complexity index is 1380. The molecule has 0 radical (unpaired) electrons. The fourth-order valence-electron chi connectivity index (χ4n) is 3.41. The molecule has 3 aromatic carbocycles. The van der Waals surface area contributed by atoms with E-state index in [1.807, 2.05) is 6.92 Å². The Morgan fingerprint density at radius 2 is 1.81 bits per heavy atom. The number of halogens is 1.